The van der Waals surface area contributed by atoms with E-state index in [4.69, 9.17) is 5.73 Å². The maximum atomic E-state index is 5.43. The van der Waals surface area contributed by atoms with Crippen LogP contribution in [0.4, 0.5) is 0 Å². The highest BCUT2D eigenvalue weighted by molar-refractivity contribution is 4.61. The Morgan fingerprint density at radius 1 is 0.929 bits per heavy atom. The Morgan fingerprint density at radius 3 is 2.07 bits per heavy atom. The van der Waals surface area contributed by atoms with Crippen molar-refractivity contribution in [1.29, 1.82) is 0 Å². The van der Waals surface area contributed by atoms with Crippen molar-refractivity contribution in [3.05, 3.63) is 0 Å². The number of rotatable bonds is 10. The highest BCUT2D eigenvalue weighted by atomic mass is 14.9. The molecule has 0 aliphatic carbocycles. The minimum Gasteiger partial charge on any atom is -0.330 e. The number of hydrogen-bond donors (Lipinski definition) is 2. The van der Waals surface area contributed by atoms with E-state index in [2.05, 4.69) is 19.2 Å². The van der Waals surface area contributed by atoms with Gasteiger partial charge in [0.15, 0.2) is 0 Å². The Balaban J connectivity index is 3.04. The number of nitrogens with two attached hydrogens (primary N) is 1. The van der Waals surface area contributed by atoms with Gasteiger partial charge in [0.1, 0.15) is 0 Å². The second-order valence-corrected chi connectivity index (χ2v) is 4.02. The molecule has 0 aromatic rings. The topological polar surface area (TPSA) is 38.0 Å². The molecule has 0 radical (unpaired) electrons. The molecule has 0 saturated heterocycles. The molecule has 0 aliphatic heterocycles. The van der Waals surface area contributed by atoms with Crippen molar-refractivity contribution < 1.29 is 0 Å². The molecule has 0 aromatic carbocycles. The minimum atomic E-state index is 0.735. The van der Waals surface area contributed by atoms with Crippen molar-refractivity contribution in [3.63, 3.8) is 0 Å². The Morgan fingerprint density at radius 2 is 1.50 bits per heavy atom. The Kier molecular flexibility index (Phi) is 10.9. The molecule has 2 nitrogen and oxygen atoms in total. The Hall–Kier alpha value is -0.0800. The molecular weight excluding hydrogens is 172 g/mol. The molecule has 0 unspecified atom stereocenters. The van der Waals surface area contributed by atoms with Crippen LogP contribution in [0.15, 0.2) is 0 Å². The van der Waals surface area contributed by atoms with Gasteiger partial charge in [-0.25, -0.2) is 0 Å². The monoisotopic (exact) mass is 200 g/mol. The van der Waals surface area contributed by atoms with Crippen LogP contribution in [0.5, 0.6) is 0 Å². The number of hydrogen-bond acceptors (Lipinski definition) is 2. The standard InChI is InChI=1S/C12H28N2/c1-3-12(4-2)14-11-9-7-5-6-8-10-13/h12,14H,3-11,13H2,1-2H3. The van der Waals surface area contributed by atoms with E-state index >= 15 is 0 Å². The second kappa shape index (κ2) is 11.0. The molecule has 0 saturated carbocycles. The molecule has 0 heterocycles. The summed E-state index contributed by atoms with van der Waals surface area (Å²) in [7, 11) is 0. The first-order valence-corrected chi connectivity index (χ1v) is 6.28. The Bertz CT molecular complexity index is 100. The second-order valence-electron chi connectivity index (χ2n) is 4.02. The fourth-order valence-corrected chi connectivity index (χ4v) is 1.68. The molecule has 14 heavy (non-hydrogen) atoms. The maximum absolute atomic E-state index is 5.43. The average molecular weight is 200 g/mol. The maximum Gasteiger partial charge on any atom is 0.00618 e. The largest absolute Gasteiger partial charge is 0.330 e. The molecule has 0 amide bonds. The van der Waals surface area contributed by atoms with Crippen molar-refractivity contribution in [2.45, 2.75) is 64.8 Å². The van der Waals surface area contributed by atoms with Gasteiger partial charge in [0.05, 0.1) is 0 Å². The van der Waals surface area contributed by atoms with Crippen molar-refractivity contribution >= 4 is 0 Å². The zero-order valence-corrected chi connectivity index (χ0v) is 10.0. The summed E-state index contributed by atoms with van der Waals surface area (Å²) in [4.78, 5) is 0. The first-order chi connectivity index (χ1) is 6.85. The zero-order chi connectivity index (χ0) is 10.6. The number of unbranched alkanes of at least 4 members (excludes halogenated alkanes) is 4. The first kappa shape index (κ1) is 13.9. The van der Waals surface area contributed by atoms with E-state index in [-0.39, 0.29) is 0 Å². The first-order valence-electron chi connectivity index (χ1n) is 6.28. The molecule has 0 atom stereocenters. The molecule has 0 spiro atoms. The van der Waals surface area contributed by atoms with E-state index in [0.717, 1.165) is 12.6 Å². The summed E-state index contributed by atoms with van der Waals surface area (Å²) >= 11 is 0. The lowest BCUT2D eigenvalue weighted by molar-refractivity contribution is 0.468. The van der Waals surface area contributed by atoms with Crippen LogP contribution in [0.25, 0.3) is 0 Å². The predicted molar refractivity (Wildman–Crippen MR) is 64.5 cm³/mol. The molecule has 0 rings (SSSR count). The number of nitrogens with one attached hydrogen (secondary N) is 1. The van der Waals surface area contributed by atoms with Crippen LogP contribution in [-0.4, -0.2) is 19.1 Å². The van der Waals surface area contributed by atoms with Gasteiger partial charge in [-0.2, -0.15) is 0 Å². The molecular formula is C12H28N2. The van der Waals surface area contributed by atoms with Crippen LogP contribution in [0.3, 0.4) is 0 Å². The fourth-order valence-electron chi connectivity index (χ4n) is 1.68. The van der Waals surface area contributed by atoms with E-state index in [1.807, 2.05) is 0 Å². The molecule has 86 valence electrons. The van der Waals surface area contributed by atoms with E-state index < -0.39 is 0 Å². The third-order valence-electron chi connectivity index (χ3n) is 2.80. The van der Waals surface area contributed by atoms with Crippen molar-refractivity contribution in [2.24, 2.45) is 5.73 Å². The predicted octanol–water partition coefficient (Wildman–Crippen LogP) is 2.67. The molecule has 2 heteroatoms. The van der Waals surface area contributed by atoms with Gasteiger partial charge in [-0.3, -0.25) is 0 Å². The fraction of sp³-hybridized carbons (Fsp3) is 1.00. The van der Waals surface area contributed by atoms with E-state index in [9.17, 15) is 0 Å². The summed E-state index contributed by atoms with van der Waals surface area (Å²) < 4.78 is 0. The van der Waals surface area contributed by atoms with Crippen LogP contribution >= 0.6 is 0 Å². The van der Waals surface area contributed by atoms with E-state index in [1.165, 1.54) is 51.5 Å². The molecule has 3 N–H and O–H groups in total. The SMILES string of the molecule is CCC(CC)NCCCCCCCN. The summed E-state index contributed by atoms with van der Waals surface area (Å²) in [6.45, 7) is 6.55. The Labute approximate surface area is 89.6 Å². The van der Waals surface area contributed by atoms with E-state index in [1.54, 1.807) is 0 Å². The minimum absolute atomic E-state index is 0.735. The molecule has 0 aliphatic rings. The summed E-state index contributed by atoms with van der Waals surface area (Å²) in [5, 5.41) is 3.59. The van der Waals surface area contributed by atoms with Crippen LogP contribution in [0.1, 0.15) is 58.8 Å². The van der Waals surface area contributed by atoms with Crippen molar-refractivity contribution in [3.8, 4) is 0 Å². The molecule has 0 aromatic heterocycles. The summed E-state index contributed by atoms with van der Waals surface area (Å²) in [5.41, 5.74) is 5.43. The van der Waals surface area contributed by atoms with Gasteiger partial charge in [0, 0.05) is 6.04 Å². The normalized spacial score (nSPS) is 11.1. The highest BCUT2D eigenvalue weighted by Crippen LogP contribution is 2.02. The van der Waals surface area contributed by atoms with Gasteiger partial charge < -0.3 is 11.1 Å². The third-order valence-corrected chi connectivity index (χ3v) is 2.80. The lowest BCUT2D eigenvalue weighted by atomic mass is 10.1. The van der Waals surface area contributed by atoms with Crippen molar-refractivity contribution in [1.82, 2.24) is 5.32 Å². The third kappa shape index (κ3) is 8.52. The van der Waals surface area contributed by atoms with Crippen LogP contribution in [0, 0.1) is 0 Å². The van der Waals surface area contributed by atoms with Gasteiger partial charge in [-0.05, 0) is 38.8 Å². The van der Waals surface area contributed by atoms with Gasteiger partial charge in [-0.1, -0.05) is 33.1 Å². The zero-order valence-electron chi connectivity index (χ0n) is 10.0. The lowest BCUT2D eigenvalue weighted by Gasteiger charge is -2.14. The lowest BCUT2D eigenvalue weighted by Crippen LogP contribution is -2.28. The van der Waals surface area contributed by atoms with Gasteiger partial charge in [-0.15, -0.1) is 0 Å². The van der Waals surface area contributed by atoms with Crippen LogP contribution in [-0.2, 0) is 0 Å². The van der Waals surface area contributed by atoms with Gasteiger partial charge in [0.2, 0.25) is 0 Å². The van der Waals surface area contributed by atoms with Gasteiger partial charge >= 0.3 is 0 Å². The summed E-state index contributed by atoms with van der Waals surface area (Å²) in [6, 6.07) is 0.735. The molecule has 0 bridgehead atoms. The smallest absolute Gasteiger partial charge is 0.00618 e. The van der Waals surface area contributed by atoms with Crippen LogP contribution in [0.2, 0.25) is 0 Å². The molecule has 0 fully saturated rings. The highest BCUT2D eigenvalue weighted by Gasteiger charge is 2.00. The summed E-state index contributed by atoms with van der Waals surface area (Å²) in [6.07, 6.45) is 9.03. The van der Waals surface area contributed by atoms with Crippen LogP contribution < -0.4 is 11.1 Å². The average Bonchev–Trinajstić information content (AvgIpc) is 2.22. The summed E-state index contributed by atoms with van der Waals surface area (Å²) in [5.74, 6) is 0. The quantitative estimate of drug-likeness (QED) is 0.532. The van der Waals surface area contributed by atoms with Crippen molar-refractivity contribution in [2.75, 3.05) is 13.1 Å². The van der Waals surface area contributed by atoms with E-state index in [0.29, 0.717) is 0 Å². The van der Waals surface area contributed by atoms with Gasteiger partial charge in [0.25, 0.3) is 0 Å².